The molecule has 0 spiro atoms. The van der Waals surface area contributed by atoms with Crippen molar-refractivity contribution in [2.75, 3.05) is 25.1 Å². The van der Waals surface area contributed by atoms with E-state index in [1.807, 2.05) is 36.4 Å². The fraction of sp³-hybridized carbons (Fsp3) is 0.179. The van der Waals surface area contributed by atoms with Crippen LogP contribution in [0.2, 0.25) is 5.02 Å². The summed E-state index contributed by atoms with van der Waals surface area (Å²) in [5.41, 5.74) is 5.31. The summed E-state index contributed by atoms with van der Waals surface area (Å²) in [5, 5.41) is 7.09. The molecule has 0 heterocycles. The third-order valence-corrected chi connectivity index (χ3v) is 7.31. The monoisotopic (exact) mass is 756 g/mol. The smallest absolute Gasteiger partial charge is 0.287 e. The fourth-order valence-corrected chi connectivity index (χ4v) is 5.97. The van der Waals surface area contributed by atoms with Crippen LogP contribution in [0, 0.1) is 7.14 Å². The summed E-state index contributed by atoms with van der Waals surface area (Å²) in [6, 6.07) is 18.3. The van der Waals surface area contributed by atoms with E-state index in [1.165, 1.54) is 6.21 Å². The Bertz CT molecular complexity index is 1360. The Labute approximate surface area is 254 Å². The highest BCUT2D eigenvalue weighted by molar-refractivity contribution is 14.1. The topological polar surface area (TPSA) is 83.0 Å². The van der Waals surface area contributed by atoms with Gasteiger partial charge in [-0.1, -0.05) is 35.9 Å². The van der Waals surface area contributed by atoms with Crippen LogP contribution in [-0.4, -0.2) is 38.2 Å². The first-order valence-corrected chi connectivity index (χ1v) is 14.3. The molecular weight excluding hydrogens is 730 g/mol. The van der Waals surface area contributed by atoms with E-state index in [1.54, 1.807) is 37.5 Å². The van der Waals surface area contributed by atoms with Crippen molar-refractivity contribution in [2.24, 2.45) is 5.10 Å². The number of anilines is 1. The molecule has 2 N–H and O–H groups in total. The molecule has 0 saturated heterocycles. The number of carbonyl (C=O) groups excluding carboxylic acids is 2. The van der Waals surface area contributed by atoms with Gasteiger partial charge in [-0.25, -0.2) is 5.43 Å². The highest BCUT2D eigenvalue weighted by Gasteiger charge is 2.17. The van der Waals surface area contributed by atoms with Gasteiger partial charge in [-0.3, -0.25) is 9.59 Å². The normalized spacial score (nSPS) is 11.4. The number of benzene rings is 3. The Morgan fingerprint density at radius 2 is 1.74 bits per heavy atom. The lowest BCUT2D eigenvalue weighted by Gasteiger charge is -2.21. The van der Waals surface area contributed by atoms with Crippen molar-refractivity contribution >= 4 is 86.6 Å². The number of hydrogen-bond donors (Lipinski definition) is 2. The molecule has 198 valence electrons. The van der Waals surface area contributed by atoms with E-state index in [0.29, 0.717) is 11.3 Å². The summed E-state index contributed by atoms with van der Waals surface area (Å²) in [5.74, 6) is -0.441. The zero-order chi connectivity index (χ0) is 27.7. The lowest BCUT2D eigenvalue weighted by Crippen LogP contribution is -2.33. The van der Waals surface area contributed by atoms with Crippen molar-refractivity contribution in [1.29, 1.82) is 0 Å². The molecule has 7 nitrogen and oxygen atoms in total. The minimum absolute atomic E-state index is 0.0202. The maximum absolute atomic E-state index is 13.2. The standard InChI is InChI=1S/C28H27ClI2N4O3/c1-4-35(5-2)21-12-10-18(11-13-21)14-25(33-27(36)22-8-6-7-9-23(22)29)28(37)34-32-17-19-15-20(30)16-24(31)26(19)38-3/h6-17H,4-5H2,1-3H3,(H,33,36)(H,34,37). The zero-order valence-electron chi connectivity index (χ0n) is 21.1. The molecule has 0 aromatic heterocycles. The van der Waals surface area contributed by atoms with Crippen LogP contribution in [0.4, 0.5) is 5.69 Å². The van der Waals surface area contributed by atoms with Crippen LogP contribution in [0.3, 0.4) is 0 Å². The third kappa shape index (κ3) is 7.93. The largest absolute Gasteiger partial charge is 0.495 e. The second-order valence-corrected chi connectivity index (χ2v) is 10.8. The van der Waals surface area contributed by atoms with Gasteiger partial charge in [0.25, 0.3) is 11.8 Å². The molecule has 2 amide bonds. The van der Waals surface area contributed by atoms with E-state index in [-0.39, 0.29) is 16.3 Å². The van der Waals surface area contributed by atoms with Crippen LogP contribution >= 0.6 is 56.8 Å². The van der Waals surface area contributed by atoms with E-state index in [0.717, 1.165) is 31.5 Å². The first kappa shape index (κ1) is 29.9. The molecule has 0 unspecified atom stereocenters. The number of halogens is 3. The van der Waals surface area contributed by atoms with Gasteiger partial charge in [-0.15, -0.1) is 0 Å². The van der Waals surface area contributed by atoms with Gasteiger partial charge in [0.15, 0.2) is 0 Å². The van der Waals surface area contributed by atoms with Gasteiger partial charge in [0, 0.05) is 27.9 Å². The van der Waals surface area contributed by atoms with Gasteiger partial charge in [0.1, 0.15) is 11.4 Å². The third-order valence-electron chi connectivity index (χ3n) is 5.55. The highest BCUT2D eigenvalue weighted by atomic mass is 127. The average Bonchev–Trinajstić information content (AvgIpc) is 2.90. The van der Waals surface area contributed by atoms with Crippen molar-refractivity contribution in [3.63, 3.8) is 0 Å². The minimum Gasteiger partial charge on any atom is -0.495 e. The molecule has 0 fully saturated rings. The number of ether oxygens (including phenoxy) is 1. The van der Waals surface area contributed by atoms with Crippen molar-refractivity contribution in [3.8, 4) is 5.75 Å². The predicted molar refractivity (Wildman–Crippen MR) is 171 cm³/mol. The summed E-state index contributed by atoms with van der Waals surface area (Å²) in [4.78, 5) is 28.3. The molecule has 0 bridgehead atoms. The summed E-state index contributed by atoms with van der Waals surface area (Å²) in [7, 11) is 1.58. The molecule has 0 saturated carbocycles. The molecule has 0 radical (unpaired) electrons. The zero-order valence-corrected chi connectivity index (χ0v) is 26.2. The lowest BCUT2D eigenvalue weighted by atomic mass is 10.1. The Morgan fingerprint density at radius 3 is 2.37 bits per heavy atom. The number of rotatable bonds is 10. The van der Waals surface area contributed by atoms with Crippen LogP contribution in [0.5, 0.6) is 5.75 Å². The van der Waals surface area contributed by atoms with Gasteiger partial charge in [-0.2, -0.15) is 5.10 Å². The quantitative estimate of drug-likeness (QED) is 0.110. The minimum atomic E-state index is -0.589. The maximum atomic E-state index is 13.2. The highest BCUT2D eigenvalue weighted by Crippen LogP contribution is 2.27. The number of amides is 2. The molecule has 0 atom stereocenters. The summed E-state index contributed by atoms with van der Waals surface area (Å²) in [6.45, 7) is 5.96. The molecule has 38 heavy (non-hydrogen) atoms. The number of nitrogens with zero attached hydrogens (tertiary/aromatic N) is 2. The van der Waals surface area contributed by atoms with Gasteiger partial charge < -0.3 is 15.0 Å². The molecule has 0 aliphatic rings. The first-order valence-electron chi connectivity index (χ1n) is 11.8. The summed E-state index contributed by atoms with van der Waals surface area (Å²) in [6.07, 6.45) is 3.11. The van der Waals surface area contributed by atoms with E-state index in [2.05, 4.69) is 79.8 Å². The van der Waals surface area contributed by atoms with E-state index < -0.39 is 11.8 Å². The van der Waals surface area contributed by atoms with E-state index in [9.17, 15) is 9.59 Å². The number of carbonyl (C=O) groups is 2. The second kappa shape index (κ2) is 14.5. The average molecular weight is 757 g/mol. The SMILES string of the molecule is CCN(CC)c1ccc(C=C(NC(=O)c2ccccc2Cl)C(=O)NN=Cc2cc(I)cc(I)c2OC)cc1. The Balaban J connectivity index is 1.89. The molecular formula is C28H27ClI2N4O3. The number of nitrogens with one attached hydrogen (secondary N) is 2. The van der Waals surface area contributed by atoms with Crippen molar-refractivity contribution in [1.82, 2.24) is 10.7 Å². The Hall–Kier alpha value is -2.64. The Morgan fingerprint density at radius 1 is 1.05 bits per heavy atom. The van der Waals surface area contributed by atoms with Crippen LogP contribution in [0.15, 0.2) is 71.5 Å². The van der Waals surface area contributed by atoms with E-state index >= 15 is 0 Å². The predicted octanol–water partition coefficient (Wildman–Crippen LogP) is 6.33. The van der Waals surface area contributed by atoms with Gasteiger partial charge in [0.05, 0.1) is 27.5 Å². The molecule has 0 aliphatic heterocycles. The van der Waals surface area contributed by atoms with Crippen molar-refractivity contribution in [2.45, 2.75) is 13.8 Å². The van der Waals surface area contributed by atoms with Gasteiger partial charge >= 0.3 is 0 Å². The number of methoxy groups -OCH3 is 1. The number of hydrogen-bond acceptors (Lipinski definition) is 5. The van der Waals surface area contributed by atoms with Crippen LogP contribution in [0.25, 0.3) is 6.08 Å². The molecule has 3 aromatic carbocycles. The maximum Gasteiger partial charge on any atom is 0.287 e. The second-order valence-electron chi connectivity index (χ2n) is 7.97. The summed E-state index contributed by atoms with van der Waals surface area (Å²) >= 11 is 10.6. The fourth-order valence-electron chi connectivity index (χ4n) is 3.64. The molecule has 3 rings (SSSR count). The van der Waals surface area contributed by atoms with Crippen molar-refractivity contribution in [3.05, 3.63) is 95.2 Å². The lowest BCUT2D eigenvalue weighted by molar-refractivity contribution is -0.117. The molecule has 10 heteroatoms. The Kier molecular flexibility index (Phi) is 11.4. The van der Waals surface area contributed by atoms with Crippen LogP contribution < -0.4 is 20.4 Å². The molecule has 0 aliphatic carbocycles. The van der Waals surface area contributed by atoms with Crippen LogP contribution in [-0.2, 0) is 4.79 Å². The molecule has 3 aromatic rings. The number of hydrazone groups is 1. The van der Waals surface area contributed by atoms with Crippen LogP contribution in [0.1, 0.15) is 35.3 Å². The summed E-state index contributed by atoms with van der Waals surface area (Å²) < 4.78 is 7.39. The van der Waals surface area contributed by atoms with Gasteiger partial charge in [-0.05, 0) is 107 Å². The first-order chi connectivity index (χ1) is 18.3. The van der Waals surface area contributed by atoms with Gasteiger partial charge in [0.2, 0.25) is 0 Å². The van der Waals surface area contributed by atoms with Crippen molar-refractivity contribution < 1.29 is 14.3 Å². The van der Waals surface area contributed by atoms with E-state index in [4.69, 9.17) is 16.3 Å².